The van der Waals surface area contributed by atoms with Crippen LogP contribution in [0.1, 0.15) is 54.4 Å². The Morgan fingerprint density at radius 2 is 2.03 bits per heavy atom. The van der Waals surface area contributed by atoms with Crippen LogP contribution in [0.3, 0.4) is 0 Å². The lowest BCUT2D eigenvalue weighted by molar-refractivity contribution is 0.240. The number of nitrogens with zero attached hydrogens (tertiary/aromatic N) is 3. The van der Waals surface area contributed by atoms with E-state index in [2.05, 4.69) is 33.1 Å². The molecule has 0 unspecified atom stereocenters. The van der Waals surface area contributed by atoms with Crippen molar-refractivity contribution in [1.82, 2.24) is 19.4 Å². The summed E-state index contributed by atoms with van der Waals surface area (Å²) in [6.45, 7) is 6.75. The third-order valence-corrected chi connectivity index (χ3v) is 6.20. The molecule has 1 aromatic carbocycles. The van der Waals surface area contributed by atoms with Crippen molar-refractivity contribution in [3.05, 3.63) is 73.2 Å². The van der Waals surface area contributed by atoms with E-state index in [1.165, 1.54) is 5.56 Å². The zero-order valence-corrected chi connectivity index (χ0v) is 17.0. The Bertz CT molecular complexity index is 1220. The van der Waals surface area contributed by atoms with Gasteiger partial charge in [-0.25, -0.2) is 4.98 Å². The van der Waals surface area contributed by atoms with Crippen LogP contribution in [-0.2, 0) is 32.5 Å². The van der Waals surface area contributed by atoms with Gasteiger partial charge in [-0.3, -0.25) is 14.5 Å². The van der Waals surface area contributed by atoms with Gasteiger partial charge in [-0.15, -0.1) is 0 Å². The van der Waals surface area contributed by atoms with E-state index in [1.54, 1.807) is 0 Å². The first-order chi connectivity index (χ1) is 14.0. The van der Waals surface area contributed by atoms with E-state index < -0.39 is 0 Å². The van der Waals surface area contributed by atoms with E-state index in [0.29, 0.717) is 13.1 Å². The van der Waals surface area contributed by atoms with Gasteiger partial charge in [-0.1, -0.05) is 32.0 Å². The second kappa shape index (κ2) is 6.95. The summed E-state index contributed by atoms with van der Waals surface area (Å²) >= 11 is 0. The highest BCUT2D eigenvalue weighted by molar-refractivity contribution is 5.83. The summed E-state index contributed by atoms with van der Waals surface area (Å²) in [7, 11) is 0. The zero-order valence-electron chi connectivity index (χ0n) is 17.0. The van der Waals surface area contributed by atoms with E-state index in [0.717, 1.165) is 65.9 Å². The van der Waals surface area contributed by atoms with Gasteiger partial charge < -0.3 is 9.55 Å². The largest absolute Gasteiger partial charge is 0.310 e. The monoisotopic (exact) mass is 390 g/mol. The van der Waals surface area contributed by atoms with E-state index in [1.807, 2.05) is 24.5 Å². The molecule has 2 aliphatic rings. The van der Waals surface area contributed by atoms with Crippen molar-refractivity contribution in [2.24, 2.45) is 0 Å². The number of fused-ring (bicyclic) bond motifs is 1. The number of pyridine rings is 1. The lowest BCUT2D eigenvalue weighted by atomic mass is 9.99. The predicted molar refractivity (Wildman–Crippen MR) is 113 cm³/mol. The van der Waals surface area contributed by atoms with E-state index in [-0.39, 0.29) is 17.0 Å². The van der Waals surface area contributed by atoms with Crippen LogP contribution in [0.25, 0.3) is 10.9 Å². The number of para-hydroxylation sites is 1. The summed E-state index contributed by atoms with van der Waals surface area (Å²) in [6.07, 6.45) is 2.78. The summed E-state index contributed by atoms with van der Waals surface area (Å²) in [5.74, 6) is 0.954. The van der Waals surface area contributed by atoms with Gasteiger partial charge in [0.2, 0.25) is 0 Å². The van der Waals surface area contributed by atoms with Crippen LogP contribution >= 0.6 is 0 Å². The summed E-state index contributed by atoms with van der Waals surface area (Å²) in [6, 6.07) is 8.35. The Morgan fingerprint density at radius 3 is 2.86 bits per heavy atom. The number of rotatable bonds is 3. The van der Waals surface area contributed by atoms with Crippen molar-refractivity contribution >= 4 is 10.9 Å². The van der Waals surface area contributed by atoms with Crippen molar-refractivity contribution in [2.75, 3.05) is 6.54 Å². The molecule has 2 aromatic heterocycles. The number of H-pyrrole nitrogens is 1. The van der Waals surface area contributed by atoms with Crippen LogP contribution in [-0.4, -0.2) is 26.0 Å². The van der Waals surface area contributed by atoms with Crippen molar-refractivity contribution in [3.8, 4) is 0 Å². The fourth-order valence-corrected chi connectivity index (χ4v) is 4.69. The topological polar surface area (TPSA) is 71.0 Å². The maximum atomic E-state index is 13.2. The molecule has 150 valence electrons. The van der Waals surface area contributed by atoms with Crippen LogP contribution < -0.4 is 11.1 Å². The Balaban J connectivity index is 1.48. The third kappa shape index (κ3) is 3.12. The minimum absolute atomic E-state index is 0.0432. The first-order valence-corrected chi connectivity index (χ1v) is 10.5. The van der Waals surface area contributed by atoms with Crippen LogP contribution in [0.5, 0.6) is 0 Å². The smallest absolute Gasteiger partial charge is 0.255 e. The number of aromatic nitrogens is 3. The second-order valence-corrected chi connectivity index (χ2v) is 8.58. The average molecular weight is 390 g/mol. The van der Waals surface area contributed by atoms with Gasteiger partial charge in [0.1, 0.15) is 5.82 Å². The van der Waals surface area contributed by atoms with Gasteiger partial charge in [0, 0.05) is 44.1 Å². The standard InChI is InChI=1S/C23H26N4O2/c1-14(2)21-24-19-8-10-26(13-18(19)22(28)25-21)12-17-11-16-6-3-5-15-7-4-9-27(20(15)16)23(17)29/h3,5-6,11,14H,4,7-10,12-13H2,1-2H3,(H,24,25,28). The van der Waals surface area contributed by atoms with Crippen molar-refractivity contribution in [3.63, 3.8) is 0 Å². The zero-order chi connectivity index (χ0) is 20.1. The number of aromatic amines is 1. The highest BCUT2D eigenvalue weighted by Crippen LogP contribution is 2.25. The molecule has 0 fully saturated rings. The number of hydrogen-bond donors (Lipinski definition) is 1. The molecule has 0 atom stereocenters. The Morgan fingerprint density at radius 1 is 1.17 bits per heavy atom. The number of benzene rings is 1. The average Bonchev–Trinajstić information content (AvgIpc) is 2.72. The first kappa shape index (κ1) is 18.3. The summed E-state index contributed by atoms with van der Waals surface area (Å²) < 4.78 is 1.95. The van der Waals surface area contributed by atoms with Crippen LogP contribution in [0.15, 0.2) is 33.9 Å². The number of hydrogen-bond acceptors (Lipinski definition) is 4. The lowest BCUT2D eigenvalue weighted by Gasteiger charge is -2.28. The van der Waals surface area contributed by atoms with Crippen molar-refractivity contribution in [1.29, 1.82) is 0 Å². The molecule has 4 heterocycles. The van der Waals surface area contributed by atoms with Crippen molar-refractivity contribution < 1.29 is 0 Å². The molecule has 29 heavy (non-hydrogen) atoms. The highest BCUT2D eigenvalue weighted by atomic mass is 16.1. The van der Waals surface area contributed by atoms with Gasteiger partial charge in [-0.2, -0.15) is 0 Å². The van der Waals surface area contributed by atoms with E-state index in [4.69, 9.17) is 0 Å². The number of nitrogens with one attached hydrogen (secondary N) is 1. The molecule has 3 aromatic rings. The molecule has 0 amide bonds. The maximum absolute atomic E-state index is 13.2. The van der Waals surface area contributed by atoms with Gasteiger partial charge >= 0.3 is 0 Å². The van der Waals surface area contributed by atoms with Crippen LogP contribution in [0.4, 0.5) is 0 Å². The first-order valence-electron chi connectivity index (χ1n) is 10.5. The molecule has 6 heteroatoms. The molecular formula is C23H26N4O2. The number of aryl methyl sites for hydroxylation is 2. The van der Waals surface area contributed by atoms with Gasteiger partial charge in [-0.05, 0) is 29.9 Å². The summed E-state index contributed by atoms with van der Waals surface area (Å²) in [4.78, 5) is 35.5. The second-order valence-electron chi connectivity index (χ2n) is 8.58. The Labute approximate surface area is 169 Å². The molecule has 1 N–H and O–H groups in total. The molecule has 0 saturated heterocycles. The quantitative estimate of drug-likeness (QED) is 0.746. The molecule has 0 radical (unpaired) electrons. The Hall–Kier alpha value is -2.73. The molecule has 0 saturated carbocycles. The predicted octanol–water partition coefficient (Wildman–Crippen LogP) is 2.71. The molecule has 0 aliphatic carbocycles. The molecule has 0 spiro atoms. The SMILES string of the molecule is CC(C)c1nc2c(c(=O)[nH]1)CN(Cc1cc3cccc4c3n(c1=O)CCC4)CC2. The van der Waals surface area contributed by atoms with Gasteiger partial charge in [0.15, 0.2) is 0 Å². The summed E-state index contributed by atoms with van der Waals surface area (Å²) in [5, 5.41) is 1.13. The fraction of sp³-hybridized carbons (Fsp3) is 0.435. The van der Waals surface area contributed by atoms with E-state index >= 15 is 0 Å². The van der Waals surface area contributed by atoms with Crippen LogP contribution in [0, 0.1) is 0 Å². The van der Waals surface area contributed by atoms with Crippen LogP contribution in [0.2, 0.25) is 0 Å². The highest BCUT2D eigenvalue weighted by Gasteiger charge is 2.23. The third-order valence-electron chi connectivity index (χ3n) is 6.20. The minimum Gasteiger partial charge on any atom is -0.310 e. The minimum atomic E-state index is -0.0432. The van der Waals surface area contributed by atoms with Gasteiger partial charge in [0.25, 0.3) is 11.1 Å². The van der Waals surface area contributed by atoms with Gasteiger partial charge in [0.05, 0.1) is 16.8 Å². The lowest BCUT2D eigenvalue weighted by Crippen LogP contribution is -2.38. The van der Waals surface area contributed by atoms with E-state index in [9.17, 15) is 9.59 Å². The molecular weight excluding hydrogens is 364 g/mol. The van der Waals surface area contributed by atoms with Crippen molar-refractivity contribution in [2.45, 2.75) is 58.7 Å². The molecule has 5 rings (SSSR count). The molecule has 0 bridgehead atoms. The Kier molecular flexibility index (Phi) is 4.39. The molecule has 6 nitrogen and oxygen atoms in total. The normalized spacial score (nSPS) is 16.4. The summed E-state index contributed by atoms with van der Waals surface area (Å²) in [5.41, 5.74) is 4.88. The molecule has 2 aliphatic heterocycles. The fourth-order valence-electron chi connectivity index (χ4n) is 4.69. The maximum Gasteiger partial charge on any atom is 0.255 e.